The molecule has 29 heavy (non-hydrogen) atoms. The molecule has 0 N–H and O–H groups in total. The van der Waals surface area contributed by atoms with E-state index in [1.165, 1.54) is 62.0 Å². The Balaban J connectivity index is 1.44. The highest BCUT2D eigenvalue weighted by molar-refractivity contribution is 6.11. The van der Waals surface area contributed by atoms with E-state index in [1.807, 2.05) is 13.0 Å². The van der Waals surface area contributed by atoms with E-state index in [0.29, 0.717) is 24.4 Å². The lowest BCUT2D eigenvalue weighted by Crippen LogP contribution is -2.34. The van der Waals surface area contributed by atoms with Crippen LogP contribution < -0.4 is 4.90 Å². The summed E-state index contributed by atoms with van der Waals surface area (Å²) in [4.78, 5) is 22.0. The summed E-state index contributed by atoms with van der Waals surface area (Å²) in [6, 6.07) is 5.30. The van der Waals surface area contributed by atoms with E-state index in [0.717, 1.165) is 31.2 Å². The Kier molecular flexibility index (Phi) is 5.06. The smallest absolute Gasteiger partial charge is 0.300 e. The lowest BCUT2D eigenvalue weighted by Gasteiger charge is -2.37. The molecule has 4 aliphatic rings. The highest BCUT2D eigenvalue weighted by Gasteiger charge is 2.34. The predicted molar refractivity (Wildman–Crippen MR) is 116 cm³/mol. The monoisotopic (exact) mass is 393 g/mol. The Hall–Kier alpha value is -2.30. The van der Waals surface area contributed by atoms with Crippen molar-refractivity contribution < 1.29 is 9.53 Å². The summed E-state index contributed by atoms with van der Waals surface area (Å²) in [6.07, 6.45) is 12.5. The molecule has 2 fully saturated rings. The minimum atomic E-state index is -0.0601. The first-order chi connectivity index (χ1) is 14.2. The molecule has 0 spiro atoms. The normalized spacial score (nSPS) is 24.9. The molecule has 1 aliphatic carbocycles. The third-order valence-corrected chi connectivity index (χ3v) is 6.72. The van der Waals surface area contributed by atoms with E-state index in [2.05, 4.69) is 17.0 Å². The maximum Gasteiger partial charge on any atom is 0.300 e. The van der Waals surface area contributed by atoms with Gasteiger partial charge < -0.3 is 9.64 Å². The number of amides is 1. The molecule has 5 rings (SSSR count). The van der Waals surface area contributed by atoms with Gasteiger partial charge in [0.05, 0.1) is 6.04 Å². The van der Waals surface area contributed by atoms with Gasteiger partial charge in [-0.15, -0.1) is 0 Å². The highest BCUT2D eigenvalue weighted by Crippen LogP contribution is 2.37. The molecule has 5 heteroatoms. The van der Waals surface area contributed by atoms with Crippen molar-refractivity contribution in [3.05, 3.63) is 34.6 Å². The predicted octanol–water partition coefficient (Wildman–Crippen LogP) is 4.29. The van der Waals surface area contributed by atoms with Gasteiger partial charge in [-0.2, -0.15) is 0 Å². The van der Waals surface area contributed by atoms with Crippen molar-refractivity contribution >= 4 is 23.7 Å². The summed E-state index contributed by atoms with van der Waals surface area (Å²) in [6.45, 7) is 4.92. The number of rotatable bonds is 3. The standard InChI is InChI=1S/C24H31N3O2/c1-2-27-23(28)21(29-24(27)25-20-10-4-3-5-11-20)16-17-14-18-8-6-12-26-13-7-9-19(15-17)22(18)26/h14-16,20H,2-13H2,1H3/b21-16+,25-24+. The van der Waals surface area contributed by atoms with Gasteiger partial charge in [0, 0.05) is 25.3 Å². The molecule has 0 bridgehead atoms. The summed E-state index contributed by atoms with van der Waals surface area (Å²) >= 11 is 0. The second kappa shape index (κ2) is 7.85. The van der Waals surface area contributed by atoms with Crippen molar-refractivity contribution in [2.45, 2.75) is 70.8 Å². The number of benzene rings is 1. The van der Waals surface area contributed by atoms with Crippen LogP contribution in [0.15, 0.2) is 22.9 Å². The van der Waals surface area contributed by atoms with Crippen molar-refractivity contribution in [2.24, 2.45) is 4.99 Å². The molecule has 0 radical (unpaired) electrons. The number of aliphatic imine (C=N–C) groups is 1. The summed E-state index contributed by atoms with van der Waals surface area (Å²) in [5.41, 5.74) is 5.39. The van der Waals surface area contributed by atoms with E-state index < -0.39 is 0 Å². The minimum absolute atomic E-state index is 0.0601. The number of anilines is 1. The second-order valence-corrected chi connectivity index (χ2v) is 8.75. The van der Waals surface area contributed by atoms with Crippen molar-refractivity contribution in [3.8, 4) is 0 Å². The quantitative estimate of drug-likeness (QED) is 0.720. The minimum Gasteiger partial charge on any atom is -0.420 e. The first kappa shape index (κ1) is 18.7. The van der Waals surface area contributed by atoms with Crippen LogP contribution in [0.25, 0.3) is 6.08 Å². The largest absolute Gasteiger partial charge is 0.420 e. The fourth-order valence-electron chi connectivity index (χ4n) is 5.31. The number of likely N-dealkylation sites (N-methyl/N-ethyl adjacent to an activating group) is 1. The van der Waals surface area contributed by atoms with E-state index in [1.54, 1.807) is 4.90 Å². The number of aryl methyl sites for hydroxylation is 2. The molecule has 1 amide bonds. The maximum absolute atomic E-state index is 12.9. The Morgan fingerprint density at radius 2 is 1.76 bits per heavy atom. The molecule has 1 saturated carbocycles. The number of nitrogens with zero attached hydrogens (tertiary/aromatic N) is 3. The van der Waals surface area contributed by atoms with Gasteiger partial charge in [-0.3, -0.25) is 9.69 Å². The first-order valence-electron chi connectivity index (χ1n) is 11.4. The zero-order valence-electron chi connectivity index (χ0n) is 17.5. The molecule has 0 aromatic heterocycles. The van der Waals surface area contributed by atoms with Gasteiger partial charge in [0.15, 0.2) is 5.76 Å². The van der Waals surface area contributed by atoms with Gasteiger partial charge in [0.25, 0.3) is 5.91 Å². The number of carbonyl (C=O) groups excluding carboxylic acids is 1. The molecule has 1 aromatic carbocycles. The molecule has 154 valence electrons. The number of amidine groups is 1. The van der Waals surface area contributed by atoms with Gasteiger partial charge in [-0.25, -0.2) is 4.99 Å². The summed E-state index contributed by atoms with van der Waals surface area (Å²) in [5, 5.41) is 0. The van der Waals surface area contributed by atoms with Crippen LogP contribution in [0, 0.1) is 0 Å². The third kappa shape index (κ3) is 3.56. The van der Waals surface area contributed by atoms with Crippen LogP contribution in [0.1, 0.15) is 68.6 Å². The third-order valence-electron chi connectivity index (χ3n) is 6.72. The SMILES string of the molecule is CCN1C(=O)/C(=C\c2cc3c4c(c2)CCCN4CCC3)O/C1=N/C1CCCCC1. The van der Waals surface area contributed by atoms with Gasteiger partial charge in [-0.1, -0.05) is 19.3 Å². The van der Waals surface area contributed by atoms with Crippen molar-refractivity contribution in [1.82, 2.24) is 4.90 Å². The maximum atomic E-state index is 12.9. The van der Waals surface area contributed by atoms with E-state index in [9.17, 15) is 4.79 Å². The lowest BCUT2D eigenvalue weighted by atomic mass is 9.90. The number of hydrogen-bond acceptors (Lipinski definition) is 4. The van der Waals surface area contributed by atoms with Crippen molar-refractivity contribution in [1.29, 1.82) is 0 Å². The molecule has 3 heterocycles. The molecule has 3 aliphatic heterocycles. The van der Waals surface area contributed by atoms with E-state index in [4.69, 9.17) is 9.73 Å². The Morgan fingerprint density at radius 3 is 2.41 bits per heavy atom. The van der Waals surface area contributed by atoms with Crippen LogP contribution >= 0.6 is 0 Å². The van der Waals surface area contributed by atoms with Gasteiger partial charge in [-0.05, 0) is 80.3 Å². The molecular formula is C24H31N3O2. The summed E-state index contributed by atoms with van der Waals surface area (Å²) < 4.78 is 6.01. The van der Waals surface area contributed by atoms with Crippen LogP contribution in [-0.4, -0.2) is 42.5 Å². The van der Waals surface area contributed by atoms with E-state index >= 15 is 0 Å². The number of carbonyl (C=O) groups is 1. The van der Waals surface area contributed by atoms with Crippen LogP contribution in [0.2, 0.25) is 0 Å². The van der Waals surface area contributed by atoms with Crippen molar-refractivity contribution in [3.63, 3.8) is 0 Å². The molecule has 0 unspecified atom stereocenters. The van der Waals surface area contributed by atoms with Gasteiger partial charge in [0.1, 0.15) is 0 Å². The lowest BCUT2D eigenvalue weighted by molar-refractivity contribution is -0.122. The Labute approximate surface area is 173 Å². The zero-order chi connectivity index (χ0) is 19.8. The molecule has 1 aromatic rings. The fraction of sp³-hybridized carbons (Fsp3) is 0.583. The summed E-state index contributed by atoms with van der Waals surface area (Å²) in [7, 11) is 0. The Morgan fingerprint density at radius 1 is 1.07 bits per heavy atom. The second-order valence-electron chi connectivity index (χ2n) is 8.75. The van der Waals surface area contributed by atoms with Crippen LogP contribution in [0.5, 0.6) is 0 Å². The Bertz CT molecular complexity index is 836. The number of ether oxygens (including phenoxy) is 1. The topological polar surface area (TPSA) is 45.1 Å². The molecule has 5 nitrogen and oxygen atoms in total. The van der Waals surface area contributed by atoms with E-state index in [-0.39, 0.29) is 5.91 Å². The van der Waals surface area contributed by atoms with Crippen LogP contribution in [0.4, 0.5) is 5.69 Å². The molecule has 1 saturated heterocycles. The summed E-state index contributed by atoms with van der Waals surface area (Å²) in [5.74, 6) is 0.354. The molecule has 0 atom stereocenters. The average molecular weight is 394 g/mol. The van der Waals surface area contributed by atoms with Crippen LogP contribution in [-0.2, 0) is 22.4 Å². The van der Waals surface area contributed by atoms with Crippen LogP contribution in [0.3, 0.4) is 0 Å². The number of hydrogen-bond donors (Lipinski definition) is 0. The fourth-order valence-corrected chi connectivity index (χ4v) is 5.31. The van der Waals surface area contributed by atoms with Gasteiger partial charge >= 0.3 is 6.02 Å². The highest BCUT2D eigenvalue weighted by atomic mass is 16.5. The first-order valence-corrected chi connectivity index (χ1v) is 11.4. The van der Waals surface area contributed by atoms with Gasteiger partial charge in [0.2, 0.25) is 0 Å². The average Bonchev–Trinajstić information content (AvgIpc) is 3.03. The molecular weight excluding hydrogens is 362 g/mol. The zero-order valence-corrected chi connectivity index (χ0v) is 17.5. The van der Waals surface area contributed by atoms with Crippen molar-refractivity contribution in [2.75, 3.05) is 24.5 Å².